The Hall–Kier alpha value is -2.16. The number of pyridine rings is 1. The Balaban J connectivity index is 1.83. The van der Waals surface area contributed by atoms with Gasteiger partial charge in [0.25, 0.3) is 0 Å². The highest BCUT2D eigenvalue weighted by molar-refractivity contribution is 5.79. The van der Waals surface area contributed by atoms with Gasteiger partial charge in [0, 0.05) is 18.3 Å². The smallest absolute Gasteiger partial charge is 0.223 e. The quantitative estimate of drug-likeness (QED) is 0.921. The fraction of sp³-hybridized carbons (Fsp3) is 0.400. The molecule has 1 atom stereocenters. The van der Waals surface area contributed by atoms with E-state index in [-0.39, 0.29) is 17.9 Å². The molecule has 0 spiro atoms. The number of nitrogens with one attached hydrogen (secondary N) is 1. The third-order valence-electron chi connectivity index (χ3n) is 4.69. The first-order valence-corrected chi connectivity index (χ1v) is 8.51. The Morgan fingerprint density at radius 3 is 2.48 bits per heavy atom. The van der Waals surface area contributed by atoms with Gasteiger partial charge in [-0.25, -0.2) is 0 Å². The van der Waals surface area contributed by atoms with Crippen LogP contribution in [0.2, 0.25) is 0 Å². The second kappa shape index (κ2) is 7.40. The second-order valence-electron chi connectivity index (χ2n) is 6.47. The molecule has 1 aromatic carbocycles. The number of rotatable bonds is 4. The molecule has 23 heavy (non-hydrogen) atoms. The summed E-state index contributed by atoms with van der Waals surface area (Å²) < 4.78 is 0. The fourth-order valence-corrected chi connectivity index (χ4v) is 3.29. The Morgan fingerprint density at radius 1 is 1.09 bits per heavy atom. The molecule has 1 fully saturated rings. The van der Waals surface area contributed by atoms with Crippen molar-refractivity contribution in [1.29, 1.82) is 0 Å². The van der Waals surface area contributed by atoms with Crippen LogP contribution >= 0.6 is 0 Å². The van der Waals surface area contributed by atoms with Crippen LogP contribution in [0.4, 0.5) is 0 Å². The van der Waals surface area contributed by atoms with E-state index in [0.717, 1.165) is 24.0 Å². The minimum absolute atomic E-state index is 0.126. The van der Waals surface area contributed by atoms with Crippen molar-refractivity contribution < 1.29 is 4.79 Å². The van der Waals surface area contributed by atoms with Crippen molar-refractivity contribution in [3.8, 4) is 0 Å². The van der Waals surface area contributed by atoms with Gasteiger partial charge in [0.05, 0.1) is 6.04 Å². The highest BCUT2D eigenvalue weighted by atomic mass is 16.1. The molecule has 1 saturated carbocycles. The molecule has 1 aromatic heterocycles. The molecule has 0 radical (unpaired) electrons. The van der Waals surface area contributed by atoms with Crippen molar-refractivity contribution in [3.05, 3.63) is 65.5 Å². The lowest BCUT2D eigenvalue weighted by Crippen LogP contribution is -2.35. The van der Waals surface area contributed by atoms with Gasteiger partial charge < -0.3 is 5.32 Å². The second-order valence-corrected chi connectivity index (χ2v) is 6.47. The number of aryl methyl sites for hydroxylation is 1. The van der Waals surface area contributed by atoms with E-state index in [1.54, 1.807) is 6.20 Å². The van der Waals surface area contributed by atoms with Crippen LogP contribution in [0.15, 0.2) is 48.8 Å². The number of hydrogen-bond donors (Lipinski definition) is 1. The molecule has 3 nitrogen and oxygen atoms in total. The average molecular weight is 308 g/mol. The first-order chi connectivity index (χ1) is 11.2. The van der Waals surface area contributed by atoms with E-state index >= 15 is 0 Å². The number of amides is 1. The molecule has 120 valence electrons. The van der Waals surface area contributed by atoms with Crippen molar-refractivity contribution >= 4 is 5.91 Å². The molecule has 0 saturated heterocycles. The standard InChI is InChI=1S/C20H24N2O/c1-15-9-11-16(12-10-15)19(18-8-5-13-21-14-18)22-20(23)17-6-3-2-4-7-17/h5,8-14,17,19H,2-4,6-7H2,1H3,(H,22,23)/t19-/m0/s1. The van der Waals surface area contributed by atoms with Crippen molar-refractivity contribution in [2.24, 2.45) is 5.92 Å². The molecule has 0 aliphatic heterocycles. The molecular weight excluding hydrogens is 284 g/mol. The van der Waals surface area contributed by atoms with Gasteiger partial charge in [-0.2, -0.15) is 0 Å². The van der Waals surface area contributed by atoms with Gasteiger partial charge in [-0.05, 0) is 37.0 Å². The minimum atomic E-state index is -0.126. The highest BCUT2D eigenvalue weighted by Crippen LogP contribution is 2.27. The maximum Gasteiger partial charge on any atom is 0.223 e. The van der Waals surface area contributed by atoms with E-state index in [4.69, 9.17) is 0 Å². The Kier molecular flexibility index (Phi) is 5.06. The molecule has 0 unspecified atom stereocenters. The summed E-state index contributed by atoms with van der Waals surface area (Å²) in [4.78, 5) is 16.9. The summed E-state index contributed by atoms with van der Waals surface area (Å²) in [6.45, 7) is 2.07. The number of benzene rings is 1. The molecule has 1 amide bonds. The van der Waals surface area contributed by atoms with Gasteiger partial charge in [-0.1, -0.05) is 55.2 Å². The molecule has 0 bridgehead atoms. The summed E-state index contributed by atoms with van der Waals surface area (Å²) in [6, 6.07) is 12.2. The molecule has 1 N–H and O–H groups in total. The molecule has 3 rings (SSSR count). The number of nitrogens with zero attached hydrogens (tertiary/aromatic N) is 1. The maximum atomic E-state index is 12.7. The minimum Gasteiger partial charge on any atom is -0.345 e. The number of carbonyl (C=O) groups is 1. The first kappa shape index (κ1) is 15.7. The summed E-state index contributed by atoms with van der Waals surface area (Å²) in [6.07, 6.45) is 9.22. The zero-order chi connectivity index (χ0) is 16.1. The van der Waals surface area contributed by atoms with Crippen LogP contribution in [0, 0.1) is 12.8 Å². The van der Waals surface area contributed by atoms with Gasteiger partial charge in [-0.15, -0.1) is 0 Å². The molecule has 1 aliphatic carbocycles. The van der Waals surface area contributed by atoms with E-state index in [1.165, 1.54) is 24.8 Å². The van der Waals surface area contributed by atoms with E-state index in [1.807, 2.05) is 18.3 Å². The lowest BCUT2D eigenvalue weighted by atomic mass is 9.88. The lowest BCUT2D eigenvalue weighted by Gasteiger charge is -2.25. The summed E-state index contributed by atoms with van der Waals surface area (Å²) >= 11 is 0. The fourth-order valence-electron chi connectivity index (χ4n) is 3.29. The van der Waals surface area contributed by atoms with Gasteiger partial charge >= 0.3 is 0 Å². The van der Waals surface area contributed by atoms with Crippen LogP contribution in [0.3, 0.4) is 0 Å². The summed E-state index contributed by atoms with van der Waals surface area (Å²) in [5, 5.41) is 3.26. The zero-order valence-corrected chi connectivity index (χ0v) is 13.7. The Labute approximate surface area is 138 Å². The average Bonchev–Trinajstić information content (AvgIpc) is 2.62. The molecule has 1 aliphatic rings. The third kappa shape index (κ3) is 3.98. The van der Waals surface area contributed by atoms with Crippen LogP contribution in [0.5, 0.6) is 0 Å². The third-order valence-corrected chi connectivity index (χ3v) is 4.69. The highest BCUT2D eigenvalue weighted by Gasteiger charge is 2.24. The van der Waals surface area contributed by atoms with Gasteiger partial charge in [0.2, 0.25) is 5.91 Å². The molecule has 1 heterocycles. The number of aromatic nitrogens is 1. The number of carbonyl (C=O) groups excluding carboxylic acids is 1. The van der Waals surface area contributed by atoms with Gasteiger partial charge in [-0.3, -0.25) is 9.78 Å². The van der Waals surface area contributed by atoms with Crippen LogP contribution < -0.4 is 5.32 Å². The summed E-state index contributed by atoms with van der Waals surface area (Å²) in [5.41, 5.74) is 3.35. The van der Waals surface area contributed by atoms with Gasteiger partial charge in [0.15, 0.2) is 0 Å². The first-order valence-electron chi connectivity index (χ1n) is 8.51. The van der Waals surface area contributed by atoms with E-state index in [9.17, 15) is 4.79 Å². The molecular formula is C20H24N2O. The van der Waals surface area contributed by atoms with Crippen LogP contribution in [-0.4, -0.2) is 10.9 Å². The zero-order valence-electron chi connectivity index (χ0n) is 13.7. The Morgan fingerprint density at radius 2 is 1.83 bits per heavy atom. The van der Waals surface area contributed by atoms with Crippen molar-refractivity contribution in [3.63, 3.8) is 0 Å². The van der Waals surface area contributed by atoms with Crippen molar-refractivity contribution in [1.82, 2.24) is 10.3 Å². The molecule has 3 heteroatoms. The lowest BCUT2D eigenvalue weighted by molar-refractivity contribution is -0.126. The van der Waals surface area contributed by atoms with E-state index in [0.29, 0.717) is 0 Å². The SMILES string of the molecule is Cc1ccc([C@H](NC(=O)C2CCCCC2)c2cccnc2)cc1. The predicted molar refractivity (Wildman–Crippen MR) is 92.0 cm³/mol. The normalized spacial score (nSPS) is 16.7. The van der Waals surface area contributed by atoms with E-state index in [2.05, 4.69) is 41.5 Å². The monoisotopic (exact) mass is 308 g/mol. The van der Waals surface area contributed by atoms with Crippen LogP contribution in [-0.2, 0) is 4.79 Å². The summed E-state index contributed by atoms with van der Waals surface area (Å²) in [5.74, 6) is 0.340. The topological polar surface area (TPSA) is 42.0 Å². The van der Waals surface area contributed by atoms with Gasteiger partial charge in [0.1, 0.15) is 0 Å². The molecule has 2 aromatic rings. The largest absolute Gasteiger partial charge is 0.345 e. The Bertz CT molecular complexity index is 630. The van der Waals surface area contributed by atoms with Crippen LogP contribution in [0.1, 0.15) is 54.8 Å². The van der Waals surface area contributed by atoms with E-state index < -0.39 is 0 Å². The number of hydrogen-bond acceptors (Lipinski definition) is 2. The maximum absolute atomic E-state index is 12.7. The summed E-state index contributed by atoms with van der Waals surface area (Å²) in [7, 11) is 0. The predicted octanol–water partition coefficient (Wildman–Crippen LogP) is 4.18. The van der Waals surface area contributed by atoms with Crippen LogP contribution in [0.25, 0.3) is 0 Å². The van der Waals surface area contributed by atoms with Crippen molar-refractivity contribution in [2.45, 2.75) is 45.1 Å². The van der Waals surface area contributed by atoms with Crippen molar-refractivity contribution in [2.75, 3.05) is 0 Å².